The van der Waals surface area contributed by atoms with E-state index in [2.05, 4.69) is 22.5 Å². The van der Waals surface area contributed by atoms with Gasteiger partial charge in [0.1, 0.15) is 36.2 Å². The second kappa shape index (κ2) is 24.6. The summed E-state index contributed by atoms with van der Waals surface area (Å²) in [5.74, 6) is -0.830. The van der Waals surface area contributed by atoms with E-state index in [1.54, 1.807) is 68.5 Å². The number of ether oxygens (including phenoxy) is 7. The highest BCUT2D eigenvalue weighted by atomic mass is 16.6. The molecule has 0 fully saturated rings. The van der Waals surface area contributed by atoms with E-state index in [0.717, 1.165) is 22.3 Å². The van der Waals surface area contributed by atoms with Crippen molar-refractivity contribution in [2.75, 3.05) is 46.6 Å². The maximum absolute atomic E-state index is 12.6. The van der Waals surface area contributed by atoms with Gasteiger partial charge in [0.05, 0.1) is 19.7 Å². The summed E-state index contributed by atoms with van der Waals surface area (Å²) in [4.78, 5) is 72.2. The van der Waals surface area contributed by atoms with Crippen molar-refractivity contribution in [3.63, 3.8) is 0 Å². The minimum Gasteiger partial charge on any atom is -0.460 e. The molecule has 0 aromatic heterocycles. The second-order valence-electron chi connectivity index (χ2n) is 13.4. The SMILES string of the molecule is C=C(C)C(=O)OCCNC(=O)Oc1ccc(C(c2ccc(OC(=O)NCCOC)cc2)C(c2ccc(OC=O)cc2)c2ccc(OC(=O)NCCOC(=O)/C(C)=C/C)cc2)cc1. The molecule has 0 aliphatic carbocycles. The van der Waals surface area contributed by atoms with E-state index < -0.39 is 42.1 Å². The Kier molecular flexibility index (Phi) is 18.7. The summed E-state index contributed by atoms with van der Waals surface area (Å²) in [6.45, 7) is 9.26. The summed E-state index contributed by atoms with van der Waals surface area (Å²) >= 11 is 0. The summed E-state index contributed by atoms with van der Waals surface area (Å²) in [6.07, 6.45) is -0.511. The predicted molar refractivity (Wildman–Crippen MR) is 226 cm³/mol. The molecule has 0 aliphatic heterocycles. The molecule has 0 spiro atoms. The number of carbonyl (C=O) groups is 6. The standard InChI is InChI=1S/C46H49N3O13/c1-6-31(4)43(52)58-28-25-49-46(55)62-39-19-9-33(10-20-39)40(32-7-15-36(16-8-32)59-29-50)41(34-11-17-37(18-12-34)60-44(53)47-23-26-56-5)35-13-21-38(22-14-35)61-45(54)48-24-27-57-42(51)30(2)3/h6-22,29,40-41H,2,23-28H2,1,3-5H3,(H,47,53)(H,48,54)(H,49,55)/b31-6+. The van der Waals surface area contributed by atoms with Crippen molar-refractivity contribution in [3.05, 3.63) is 143 Å². The van der Waals surface area contributed by atoms with Crippen LogP contribution >= 0.6 is 0 Å². The Hall–Kier alpha value is -7.46. The zero-order valence-electron chi connectivity index (χ0n) is 34.8. The molecular formula is C46H49N3O13. The Morgan fingerprint density at radius 3 is 1.21 bits per heavy atom. The molecule has 16 nitrogen and oxygen atoms in total. The number of benzene rings is 4. The van der Waals surface area contributed by atoms with Crippen molar-refractivity contribution in [2.24, 2.45) is 0 Å². The van der Waals surface area contributed by atoms with Crippen LogP contribution in [-0.4, -0.2) is 83.3 Å². The minimum absolute atomic E-state index is 0.0212. The third-order valence-electron chi connectivity index (χ3n) is 8.99. The van der Waals surface area contributed by atoms with Crippen molar-refractivity contribution in [3.8, 4) is 23.0 Å². The fourth-order valence-electron chi connectivity index (χ4n) is 5.83. The van der Waals surface area contributed by atoms with Gasteiger partial charge in [0, 0.05) is 36.6 Å². The Balaban J connectivity index is 1.65. The number of nitrogens with one attached hydrogen (secondary N) is 3. The van der Waals surface area contributed by atoms with Gasteiger partial charge >= 0.3 is 30.2 Å². The zero-order chi connectivity index (χ0) is 44.9. The van der Waals surface area contributed by atoms with Crippen molar-refractivity contribution in [2.45, 2.75) is 32.6 Å². The van der Waals surface area contributed by atoms with Crippen LogP contribution in [0, 0.1) is 0 Å². The van der Waals surface area contributed by atoms with Crippen LogP contribution in [0.5, 0.6) is 23.0 Å². The highest BCUT2D eigenvalue weighted by Gasteiger charge is 2.29. The summed E-state index contributed by atoms with van der Waals surface area (Å²) in [7, 11) is 1.52. The Bertz CT molecular complexity index is 2170. The highest BCUT2D eigenvalue weighted by molar-refractivity contribution is 5.87. The average molecular weight is 852 g/mol. The molecule has 0 heterocycles. The van der Waals surface area contributed by atoms with Gasteiger partial charge in [-0.05, 0) is 91.6 Å². The minimum atomic E-state index is -0.753. The lowest BCUT2D eigenvalue weighted by Crippen LogP contribution is -2.30. The van der Waals surface area contributed by atoms with Crippen molar-refractivity contribution in [1.29, 1.82) is 0 Å². The van der Waals surface area contributed by atoms with E-state index in [1.165, 1.54) is 14.0 Å². The number of hydrogen-bond acceptors (Lipinski definition) is 13. The van der Waals surface area contributed by atoms with Crippen LogP contribution < -0.4 is 34.9 Å². The van der Waals surface area contributed by atoms with Gasteiger partial charge in [-0.1, -0.05) is 61.2 Å². The fraction of sp³-hybridized carbons (Fsp3) is 0.261. The number of carbonyl (C=O) groups excluding carboxylic acids is 6. The van der Waals surface area contributed by atoms with Gasteiger partial charge in [0.15, 0.2) is 0 Å². The van der Waals surface area contributed by atoms with E-state index in [-0.39, 0.29) is 49.9 Å². The van der Waals surface area contributed by atoms with E-state index in [0.29, 0.717) is 30.2 Å². The maximum atomic E-state index is 12.6. The molecular weight excluding hydrogens is 803 g/mol. The van der Waals surface area contributed by atoms with Gasteiger partial charge < -0.3 is 49.1 Å². The number of hydrogen-bond donors (Lipinski definition) is 3. The quantitative estimate of drug-likeness (QED) is 0.0345. The van der Waals surface area contributed by atoms with Gasteiger partial charge in [-0.25, -0.2) is 24.0 Å². The first-order valence-corrected chi connectivity index (χ1v) is 19.4. The van der Waals surface area contributed by atoms with Gasteiger partial charge in [0.25, 0.3) is 6.47 Å². The maximum Gasteiger partial charge on any atom is 0.412 e. The van der Waals surface area contributed by atoms with Crippen LogP contribution in [0.4, 0.5) is 14.4 Å². The molecule has 4 rings (SSSR count). The van der Waals surface area contributed by atoms with E-state index in [1.807, 2.05) is 48.5 Å². The molecule has 0 aliphatic rings. The number of methoxy groups -OCH3 is 1. The fourth-order valence-corrected chi connectivity index (χ4v) is 5.83. The topological polar surface area (TPSA) is 203 Å². The van der Waals surface area contributed by atoms with Gasteiger partial charge in [0.2, 0.25) is 0 Å². The van der Waals surface area contributed by atoms with Crippen molar-refractivity contribution < 1.29 is 61.9 Å². The molecule has 0 radical (unpaired) electrons. The van der Waals surface area contributed by atoms with Crippen molar-refractivity contribution >= 4 is 36.7 Å². The second-order valence-corrected chi connectivity index (χ2v) is 13.4. The summed E-state index contributed by atoms with van der Waals surface area (Å²) < 4.78 is 36.6. The molecule has 3 N–H and O–H groups in total. The molecule has 0 bridgehead atoms. The molecule has 4 aromatic carbocycles. The molecule has 2 atom stereocenters. The molecule has 0 saturated heterocycles. The molecule has 4 aromatic rings. The highest BCUT2D eigenvalue weighted by Crippen LogP contribution is 2.44. The Labute approximate surface area is 359 Å². The first-order valence-electron chi connectivity index (χ1n) is 19.4. The van der Waals surface area contributed by atoms with E-state index in [9.17, 15) is 28.8 Å². The van der Waals surface area contributed by atoms with Crippen LogP contribution in [0.1, 0.15) is 54.9 Å². The Morgan fingerprint density at radius 1 is 0.548 bits per heavy atom. The molecule has 326 valence electrons. The number of rotatable bonds is 21. The molecule has 2 unspecified atom stereocenters. The van der Waals surface area contributed by atoms with E-state index in [4.69, 9.17) is 33.2 Å². The lowest BCUT2D eigenvalue weighted by molar-refractivity contribution is -0.139. The monoisotopic (exact) mass is 851 g/mol. The number of esters is 2. The predicted octanol–water partition coefficient (Wildman–Crippen LogP) is 6.73. The van der Waals surface area contributed by atoms with E-state index >= 15 is 0 Å². The smallest absolute Gasteiger partial charge is 0.412 e. The van der Waals surface area contributed by atoms with Gasteiger partial charge in [-0.3, -0.25) is 4.79 Å². The van der Waals surface area contributed by atoms with Crippen LogP contribution in [-0.2, 0) is 28.6 Å². The average Bonchev–Trinajstić information content (AvgIpc) is 3.27. The summed E-state index contributed by atoms with van der Waals surface area (Å²) in [5.41, 5.74) is 3.89. The first-order chi connectivity index (χ1) is 29.9. The lowest BCUT2D eigenvalue weighted by atomic mass is 9.73. The van der Waals surface area contributed by atoms with Gasteiger partial charge in [-0.15, -0.1) is 0 Å². The van der Waals surface area contributed by atoms with Crippen molar-refractivity contribution in [1.82, 2.24) is 16.0 Å². The summed E-state index contributed by atoms with van der Waals surface area (Å²) in [5, 5.41) is 7.70. The number of amides is 3. The number of allylic oxidation sites excluding steroid dienone is 1. The molecule has 62 heavy (non-hydrogen) atoms. The van der Waals surface area contributed by atoms with Crippen LogP contribution in [0.25, 0.3) is 0 Å². The van der Waals surface area contributed by atoms with Crippen LogP contribution in [0.2, 0.25) is 0 Å². The normalized spacial score (nSPS) is 11.8. The lowest BCUT2D eigenvalue weighted by Gasteiger charge is -2.30. The van der Waals surface area contributed by atoms with Crippen LogP contribution in [0.15, 0.2) is 121 Å². The largest absolute Gasteiger partial charge is 0.460 e. The Morgan fingerprint density at radius 2 is 0.887 bits per heavy atom. The summed E-state index contributed by atoms with van der Waals surface area (Å²) in [6, 6.07) is 27.8. The third kappa shape index (κ3) is 15.0. The van der Waals surface area contributed by atoms with Gasteiger partial charge in [-0.2, -0.15) is 0 Å². The third-order valence-corrected chi connectivity index (χ3v) is 8.99. The molecule has 3 amide bonds. The first kappa shape index (κ1) is 47.2. The van der Waals surface area contributed by atoms with Crippen LogP contribution in [0.3, 0.4) is 0 Å². The zero-order valence-corrected chi connectivity index (χ0v) is 34.8. The molecule has 16 heteroatoms. The molecule has 0 saturated carbocycles.